The van der Waals surface area contributed by atoms with Crippen LogP contribution in [0.2, 0.25) is 0 Å². The minimum absolute atomic E-state index is 0.873. The fourth-order valence-corrected chi connectivity index (χ4v) is 2.33. The van der Waals surface area contributed by atoms with Crippen molar-refractivity contribution < 1.29 is 0 Å². The maximum atomic E-state index is 4.37. The van der Waals surface area contributed by atoms with E-state index in [4.69, 9.17) is 0 Å². The molecule has 1 heterocycles. The van der Waals surface area contributed by atoms with Gasteiger partial charge in [0.15, 0.2) is 5.17 Å². The molecule has 4 heteroatoms. The highest BCUT2D eigenvalue weighted by Gasteiger charge is 2.06. The number of hydrogen-bond donors (Lipinski definition) is 0. The Bertz CT molecular complexity index is 368. The summed E-state index contributed by atoms with van der Waals surface area (Å²) in [7, 11) is 3.88. The van der Waals surface area contributed by atoms with E-state index in [-0.39, 0.29) is 0 Å². The summed E-state index contributed by atoms with van der Waals surface area (Å²) in [6.07, 6.45) is 2.04. The molecule has 0 bridgehead atoms. The van der Waals surface area contributed by atoms with Crippen molar-refractivity contribution in [2.75, 3.05) is 20.4 Å². The maximum absolute atomic E-state index is 4.37. The topological polar surface area (TPSA) is 28.5 Å². The number of aliphatic imine (C=N–C) groups is 1. The van der Waals surface area contributed by atoms with Gasteiger partial charge in [-0.1, -0.05) is 11.8 Å². The summed E-state index contributed by atoms with van der Waals surface area (Å²) in [6, 6.07) is 4.24. The second-order valence-electron chi connectivity index (χ2n) is 3.82. The highest BCUT2D eigenvalue weighted by molar-refractivity contribution is 8.13. The third kappa shape index (κ3) is 3.52. The number of aryl methyl sites for hydroxylation is 2. The van der Waals surface area contributed by atoms with Crippen LogP contribution in [0.4, 0.5) is 0 Å². The van der Waals surface area contributed by atoms with E-state index in [2.05, 4.69) is 34.1 Å². The Morgan fingerprint density at radius 3 is 2.38 bits per heavy atom. The van der Waals surface area contributed by atoms with Crippen molar-refractivity contribution in [1.82, 2.24) is 9.88 Å². The van der Waals surface area contributed by atoms with Crippen molar-refractivity contribution in [3.8, 4) is 0 Å². The number of amidine groups is 1. The molecule has 0 fully saturated rings. The molecule has 1 aromatic heterocycles. The zero-order valence-corrected chi connectivity index (χ0v) is 11.4. The van der Waals surface area contributed by atoms with Crippen LogP contribution in [0.3, 0.4) is 0 Å². The van der Waals surface area contributed by atoms with Crippen molar-refractivity contribution in [2.24, 2.45) is 4.99 Å². The number of nitrogens with zero attached hydrogens (tertiary/aromatic N) is 3. The highest BCUT2D eigenvalue weighted by Crippen LogP contribution is 2.11. The molecule has 0 saturated carbocycles. The van der Waals surface area contributed by atoms with E-state index in [1.165, 1.54) is 5.56 Å². The Labute approximate surface area is 102 Å². The molecule has 0 aromatic carbocycles. The zero-order valence-electron chi connectivity index (χ0n) is 10.6. The number of pyridine rings is 1. The predicted molar refractivity (Wildman–Crippen MR) is 72.1 cm³/mol. The van der Waals surface area contributed by atoms with Crippen molar-refractivity contribution >= 4 is 16.9 Å². The smallest absolute Gasteiger partial charge is 0.158 e. The molecular weight excluding hydrogens is 218 g/mol. The number of rotatable bonds is 2. The van der Waals surface area contributed by atoms with Gasteiger partial charge < -0.3 is 4.90 Å². The Morgan fingerprint density at radius 1 is 1.38 bits per heavy atom. The number of hydrogen-bond acceptors (Lipinski definition) is 3. The average Bonchev–Trinajstić information content (AvgIpc) is 2.17. The molecule has 0 atom stereocenters. The maximum Gasteiger partial charge on any atom is 0.158 e. The lowest BCUT2D eigenvalue weighted by Gasteiger charge is -2.19. The molecule has 0 amide bonds. The van der Waals surface area contributed by atoms with Gasteiger partial charge in [0.25, 0.3) is 0 Å². The van der Waals surface area contributed by atoms with Gasteiger partial charge in [-0.2, -0.15) is 0 Å². The van der Waals surface area contributed by atoms with E-state index >= 15 is 0 Å². The van der Waals surface area contributed by atoms with Crippen LogP contribution in [-0.4, -0.2) is 35.4 Å². The van der Waals surface area contributed by atoms with Gasteiger partial charge in [-0.3, -0.25) is 9.98 Å². The van der Waals surface area contributed by atoms with Gasteiger partial charge in [0.1, 0.15) is 0 Å². The van der Waals surface area contributed by atoms with Crippen LogP contribution in [0.15, 0.2) is 17.1 Å². The summed E-state index contributed by atoms with van der Waals surface area (Å²) in [5, 5.41) is 1.05. The standard InChI is InChI=1S/C12H19N3S/c1-9-6-11(7-10(2)14-9)8-15(4)12(13-3)16-5/h6-7H,8H2,1-5H3/b13-12-. The Morgan fingerprint density at radius 2 is 1.94 bits per heavy atom. The first-order valence-electron chi connectivity index (χ1n) is 5.23. The second-order valence-corrected chi connectivity index (χ2v) is 4.60. The van der Waals surface area contributed by atoms with Gasteiger partial charge in [0.05, 0.1) is 0 Å². The minimum Gasteiger partial charge on any atom is -0.350 e. The third-order valence-corrected chi connectivity index (χ3v) is 3.12. The molecule has 0 radical (unpaired) electrons. The first-order valence-corrected chi connectivity index (χ1v) is 6.45. The van der Waals surface area contributed by atoms with Gasteiger partial charge in [-0.25, -0.2) is 0 Å². The van der Waals surface area contributed by atoms with Crippen LogP contribution in [0.5, 0.6) is 0 Å². The third-order valence-electron chi connectivity index (χ3n) is 2.26. The second kappa shape index (κ2) is 5.89. The lowest BCUT2D eigenvalue weighted by molar-refractivity contribution is 0.509. The van der Waals surface area contributed by atoms with Crippen LogP contribution in [0, 0.1) is 13.8 Å². The average molecular weight is 237 g/mol. The Balaban J connectivity index is 2.80. The van der Waals surface area contributed by atoms with Gasteiger partial charge >= 0.3 is 0 Å². The van der Waals surface area contributed by atoms with Crippen LogP contribution in [-0.2, 0) is 6.54 Å². The fourth-order valence-electron chi connectivity index (χ4n) is 1.77. The van der Waals surface area contributed by atoms with E-state index in [1.54, 1.807) is 11.8 Å². The van der Waals surface area contributed by atoms with Gasteiger partial charge in [0, 0.05) is 32.0 Å². The van der Waals surface area contributed by atoms with E-state index in [1.807, 2.05) is 27.2 Å². The van der Waals surface area contributed by atoms with Gasteiger partial charge in [-0.05, 0) is 37.8 Å². The Kier molecular flexibility index (Phi) is 4.80. The first kappa shape index (κ1) is 13.0. The lowest BCUT2D eigenvalue weighted by Crippen LogP contribution is -2.23. The van der Waals surface area contributed by atoms with Crippen LogP contribution >= 0.6 is 11.8 Å². The molecule has 88 valence electrons. The lowest BCUT2D eigenvalue weighted by atomic mass is 10.2. The summed E-state index contributed by atoms with van der Waals surface area (Å²) in [4.78, 5) is 10.8. The van der Waals surface area contributed by atoms with Crippen molar-refractivity contribution in [2.45, 2.75) is 20.4 Å². The van der Waals surface area contributed by atoms with Crippen LogP contribution in [0.25, 0.3) is 0 Å². The summed E-state index contributed by atoms with van der Waals surface area (Å²) >= 11 is 1.67. The van der Waals surface area contributed by atoms with Crippen molar-refractivity contribution in [3.05, 3.63) is 29.1 Å². The van der Waals surface area contributed by atoms with Gasteiger partial charge in [-0.15, -0.1) is 0 Å². The molecule has 0 saturated heterocycles. The molecule has 0 unspecified atom stereocenters. The largest absolute Gasteiger partial charge is 0.350 e. The number of aromatic nitrogens is 1. The zero-order chi connectivity index (χ0) is 12.1. The van der Waals surface area contributed by atoms with E-state index in [0.717, 1.165) is 23.1 Å². The molecule has 0 spiro atoms. The molecule has 0 aliphatic rings. The van der Waals surface area contributed by atoms with Crippen molar-refractivity contribution in [3.63, 3.8) is 0 Å². The normalized spacial score (nSPS) is 11.7. The molecule has 16 heavy (non-hydrogen) atoms. The van der Waals surface area contributed by atoms with Crippen LogP contribution in [0.1, 0.15) is 17.0 Å². The predicted octanol–water partition coefficient (Wildman–Crippen LogP) is 2.48. The molecule has 0 aliphatic heterocycles. The van der Waals surface area contributed by atoms with E-state index < -0.39 is 0 Å². The number of thioether (sulfide) groups is 1. The van der Waals surface area contributed by atoms with Crippen LogP contribution < -0.4 is 0 Å². The Hall–Kier alpha value is -1.03. The summed E-state index contributed by atoms with van der Waals surface area (Å²) in [5.41, 5.74) is 3.42. The molecule has 0 aliphatic carbocycles. The molecule has 3 nitrogen and oxygen atoms in total. The van der Waals surface area contributed by atoms with E-state index in [0.29, 0.717) is 0 Å². The SMILES string of the molecule is C/N=C(\SC)N(C)Cc1cc(C)nc(C)c1. The highest BCUT2D eigenvalue weighted by atomic mass is 32.2. The van der Waals surface area contributed by atoms with E-state index in [9.17, 15) is 0 Å². The monoisotopic (exact) mass is 237 g/mol. The first-order chi connectivity index (χ1) is 7.56. The quantitative estimate of drug-likeness (QED) is 0.584. The molecular formula is C12H19N3S. The molecule has 1 aromatic rings. The summed E-state index contributed by atoms with van der Waals surface area (Å²) in [6.45, 7) is 4.93. The van der Waals surface area contributed by atoms with Gasteiger partial charge in [0.2, 0.25) is 0 Å². The summed E-state index contributed by atoms with van der Waals surface area (Å²) < 4.78 is 0. The molecule has 1 rings (SSSR count). The molecule has 0 N–H and O–H groups in total. The van der Waals surface area contributed by atoms with Crippen molar-refractivity contribution in [1.29, 1.82) is 0 Å². The minimum atomic E-state index is 0.873. The fraction of sp³-hybridized carbons (Fsp3) is 0.500. The summed E-state index contributed by atoms with van der Waals surface area (Å²) in [5.74, 6) is 0.